The van der Waals surface area contributed by atoms with Crippen molar-refractivity contribution in [3.8, 4) is 0 Å². The largest absolute Gasteiger partial charge is 0.325 e. The van der Waals surface area contributed by atoms with Crippen molar-refractivity contribution in [3.63, 3.8) is 0 Å². The first-order valence-electron chi connectivity index (χ1n) is 7.36. The molecular weight excluding hydrogens is 292 g/mol. The predicted molar refractivity (Wildman–Crippen MR) is 88.2 cm³/mol. The summed E-state index contributed by atoms with van der Waals surface area (Å²) in [6.07, 6.45) is 3.82. The smallest absolute Gasteiger partial charge is 0.263 e. The summed E-state index contributed by atoms with van der Waals surface area (Å²) in [7, 11) is 0. The third-order valence-corrected chi connectivity index (χ3v) is 3.53. The number of aromatic nitrogens is 3. The number of carbonyl (C=O) groups is 1. The second kappa shape index (κ2) is 6.39. The predicted octanol–water partition coefficient (Wildman–Crippen LogP) is 1.99. The topological polar surface area (TPSA) is 76.9 Å². The summed E-state index contributed by atoms with van der Waals surface area (Å²) in [5.41, 5.74) is 1.96. The van der Waals surface area contributed by atoms with Crippen LogP contribution in [0.15, 0.2) is 53.7 Å². The number of nitrogens with one attached hydrogen (secondary N) is 1. The number of hydrogen-bond acceptors (Lipinski definition) is 4. The maximum Gasteiger partial charge on any atom is 0.263 e. The first-order chi connectivity index (χ1) is 11.2. The SMILES string of the molecule is CCc1cccc(NC(=O)Cn2cnc3ncccc3c2=O)c1. The Balaban J connectivity index is 1.80. The number of benzene rings is 1. The number of rotatable bonds is 4. The van der Waals surface area contributed by atoms with Crippen LogP contribution in [0.3, 0.4) is 0 Å². The molecule has 0 spiro atoms. The van der Waals surface area contributed by atoms with Crippen LogP contribution < -0.4 is 10.9 Å². The fraction of sp³-hybridized carbons (Fsp3) is 0.176. The summed E-state index contributed by atoms with van der Waals surface area (Å²) < 4.78 is 1.28. The molecule has 0 saturated heterocycles. The van der Waals surface area contributed by atoms with Gasteiger partial charge in [-0.05, 0) is 36.2 Å². The monoisotopic (exact) mass is 308 g/mol. The molecule has 0 bridgehead atoms. The lowest BCUT2D eigenvalue weighted by Crippen LogP contribution is -2.28. The normalized spacial score (nSPS) is 10.7. The van der Waals surface area contributed by atoms with Crippen LogP contribution in [-0.2, 0) is 17.8 Å². The lowest BCUT2D eigenvalue weighted by atomic mass is 10.1. The molecule has 0 unspecified atom stereocenters. The summed E-state index contributed by atoms with van der Waals surface area (Å²) in [5, 5.41) is 3.20. The van der Waals surface area contributed by atoms with Crippen LogP contribution in [0.4, 0.5) is 5.69 Å². The zero-order valence-electron chi connectivity index (χ0n) is 12.7. The Bertz CT molecular complexity index is 918. The number of fused-ring (bicyclic) bond motifs is 1. The minimum absolute atomic E-state index is 0.0903. The van der Waals surface area contributed by atoms with Crippen molar-refractivity contribution < 1.29 is 4.79 Å². The van der Waals surface area contributed by atoms with Crippen LogP contribution in [-0.4, -0.2) is 20.4 Å². The highest BCUT2D eigenvalue weighted by Gasteiger charge is 2.09. The minimum atomic E-state index is -0.277. The van der Waals surface area contributed by atoms with Gasteiger partial charge in [-0.3, -0.25) is 14.2 Å². The zero-order valence-corrected chi connectivity index (χ0v) is 12.7. The zero-order chi connectivity index (χ0) is 16.2. The Hall–Kier alpha value is -3.02. The second-order valence-corrected chi connectivity index (χ2v) is 5.15. The van der Waals surface area contributed by atoms with Crippen LogP contribution in [0.5, 0.6) is 0 Å². The standard InChI is InChI=1S/C17H16N4O2/c1-2-12-5-3-6-13(9-12)20-15(22)10-21-11-19-16-14(17(21)23)7-4-8-18-16/h3-9,11H,2,10H2,1H3,(H,20,22). The highest BCUT2D eigenvalue weighted by atomic mass is 16.2. The third-order valence-electron chi connectivity index (χ3n) is 3.53. The quantitative estimate of drug-likeness (QED) is 0.799. The molecule has 0 atom stereocenters. The van der Waals surface area contributed by atoms with Crippen molar-refractivity contribution in [1.29, 1.82) is 0 Å². The maximum atomic E-state index is 12.3. The molecule has 6 nitrogen and oxygen atoms in total. The molecule has 1 N–H and O–H groups in total. The van der Waals surface area contributed by atoms with Crippen molar-refractivity contribution in [2.45, 2.75) is 19.9 Å². The Morgan fingerprint density at radius 3 is 2.91 bits per heavy atom. The van der Waals surface area contributed by atoms with Gasteiger partial charge in [-0.15, -0.1) is 0 Å². The average molecular weight is 308 g/mol. The molecule has 1 amide bonds. The van der Waals surface area contributed by atoms with Crippen LogP contribution in [0.2, 0.25) is 0 Å². The van der Waals surface area contributed by atoms with E-state index in [-0.39, 0.29) is 18.0 Å². The Labute approximate surface area is 132 Å². The van der Waals surface area contributed by atoms with E-state index in [1.54, 1.807) is 18.3 Å². The van der Waals surface area contributed by atoms with E-state index in [1.807, 2.05) is 24.3 Å². The molecule has 0 fully saturated rings. The van der Waals surface area contributed by atoms with Gasteiger partial charge in [0, 0.05) is 11.9 Å². The van der Waals surface area contributed by atoms with E-state index in [1.165, 1.54) is 10.9 Å². The fourth-order valence-corrected chi connectivity index (χ4v) is 2.34. The van der Waals surface area contributed by atoms with E-state index in [9.17, 15) is 9.59 Å². The molecule has 0 saturated carbocycles. The second-order valence-electron chi connectivity index (χ2n) is 5.15. The number of aryl methyl sites for hydroxylation is 1. The van der Waals surface area contributed by atoms with Crippen molar-refractivity contribution in [2.75, 3.05) is 5.32 Å². The van der Waals surface area contributed by atoms with Crippen LogP contribution in [0.25, 0.3) is 11.0 Å². The molecule has 2 heterocycles. The van der Waals surface area contributed by atoms with Crippen LogP contribution in [0.1, 0.15) is 12.5 Å². The van der Waals surface area contributed by atoms with E-state index in [4.69, 9.17) is 0 Å². The van der Waals surface area contributed by atoms with Gasteiger partial charge in [0.2, 0.25) is 5.91 Å². The molecule has 116 valence electrons. The molecule has 0 aliphatic heterocycles. The number of nitrogens with zero attached hydrogens (tertiary/aromatic N) is 3. The number of amides is 1. The molecule has 0 aliphatic carbocycles. The Morgan fingerprint density at radius 2 is 2.09 bits per heavy atom. The van der Waals surface area contributed by atoms with Gasteiger partial charge in [0.1, 0.15) is 12.9 Å². The van der Waals surface area contributed by atoms with Gasteiger partial charge in [0.15, 0.2) is 5.65 Å². The van der Waals surface area contributed by atoms with Crippen molar-refractivity contribution in [1.82, 2.24) is 14.5 Å². The molecular formula is C17H16N4O2. The van der Waals surface area contributed by atoms with Crippen molar-refractivity contribution >= 4 is 22.6 Å². The van der Waals surface area contributed by atoms with Gasteiger partial charge < -0.3 is 5.32 Å². The van der Waals surface area contributed by atoms with Gasteiger partial charge in [-0.2, -0.15) is 0 Å². The van der Waals surface area contributed by atoms with Gasteiger partial charge in [0.25, 0.3) is 5.56 Å². The van der Waals surface area contributed by atoms with E-state index in [0.717, 1.165) is 17.7 Å². The van der Waals surface area contributed by atoms with E-state index in [2.05, 4.69) is 22.2 Å². The summed E-state index contributed by atoms with van der Waals surface area (Å²) in [4.78, 5) is 32.6. The minimum Gasteiger partial charge on any atom is -0.325 e. The molecule has 1 aromatic carbocycles. The van der Waals surface area contributed by atoms with Crippen LogP contribution in [0, 0.1) is 0 Å². The van der Waals surface area contributed by atoms with E-state index < -0.39 is 0 Å². The number of pyridine rings is 1. The van der Waals surface area contributed by atoms with Gasteiger partial charge >= 0.3 is 0 Å². The first-order valence-corrected chi connectivity index (χ1v) is 7.36. The molecule has 0 radical (unpaired) electrons. The molecule has 0 aliphatic rings. The summed E-state index contributed by atoms with van der Waals surface area (Å²) in [6, 6.07) is 11.0. The fourth-order valence-electron chi connectivity index (χ4n) is 2.34. The molecule has 2 aromatic heterocycles. The lowest BCUT2D eigenvalue weighted by Gasteiger charge is -2.08. The highest BCUT2D eigenvalue weighted by Crippen LogP contribution is 2.11. The molecule has 3 rings (SSSR count). The van der Waals surface area contributed by atoms with Crippen LogP contribution >= 0.6 is 0 Å². The van der Waals surface area contributed by atoms with Crippen molar-refractivity contribution in [2.24, 2.45) is 0 Å². The number of hydrogen-bond donors (Lipinski definition) is 1. The summed E-state index contributed by atoms with van der Waals surface area (Å²) in [5.74, 6) is -0.273. The number of carbonyl (C=O) groups excluding carboxylic acids is 1. The highest BCUT2D eigenvalue weighted by molar-refractivity contribution is 5.90. The summed E-state index contributed by atoms with van der Waals surface area (Å²) in [6.45, 7) is 1.96. The van der Waals surface area contributed by atoms with Gasteiger partial charge in [-0.25, -0.2) is 9.97 Å². The van der Waals surface area contributed by atoms with E-state index >= 15 is 0 Å². The molecule has 6 heteroatoms. The average Bonchev–Trinajstić information content (AvgIpc) is 2.58. The van der Waals surface area contributed by atoms with E-state index in [0.29, 0.717) is 11.0 Å². The third kappa shape index (κ3) is 3.26. The van der Waals surface area contributed by atoms with Gasteiger partial charge in [0.05, 0.1) is 5.39 Å². The number of anilines is 1. The lowest BCUT2D eigenvalue weighted by molar-refractivity contribution is -0.116. The Morgan fingerprint density at radius 1 is 1.22 bits per heavy atom. The van der Waals surface area contributed by atoms with Gasteiger partial charge in [-0.1, -0.05) is 19.1 Å². The Kier molecular flexibility index (Phi) is 4.14. The molecule has 3 aromatic rings. The molecule has 23 heavy (non-hydrogen) atoms. The summed E-state index contributed by atoms with van der Waals surface area (Å²) >= 11 is 0. The maximum absolute atomic E-state index is 12.3. The first kappa shape index (κ1) is 14.9. The van der Waals surface area contributed by atoms with Crippen molar-refractivity contribution in [3.05, 3.63) is 64.8 Å².